The zero-order chi connectivity index (χ0) is 14.6. The number of nitrogens with zero attached hydrogens (tertiary/aromatic N) is 2. The monoisotopic (exact) mass is 287 g/mol. The lowest BCUT2D eigenvalue weighted by Gasteiger charge is -2.11. The van der Waals surface area contributed by atoms with Crippen LogP contribution >= 0.6 is 0 Å². The molecule has 0 aliphatic heterocycles. The van der Waals surface area contributed by atoms with Crippen molar-refractivity contribution in [2.24, 2.45) is 0 Å². The lowest BCUT2D eigenvalue weighted by Crippen LogP contribution is -2.38. The van der Waals surface area contributed by atoms with Crippen molar-refractivity contribution in [1.82, 2.24) is 9.71 Å². The van der Waals surface area contributed by atoms with Gasteiger partial charge in [0.2, 0.25) is 10.0 Å². The molecule has 1 atom stereocenters. The molecular formula is C10H13N3O5S. The predicted octanol–water partition coefficient (Wildman–Crippen LogP) is 0.636. The predicted molar refractivity (Wildman–Crippen MR) is 66.0 cm³/mol. The summed E-state index contributed by atoms with van der Waals surface area (Å²) in [4.78, 5) is 24.2. The van der Waals surface area contributed by atoms with E-state index in [0.717, 1.165) is 18.3 Å². The number of carbonyl (C=O) groups excluding carboxylic acids is 1. The molecule has 1 heterocycles. The third-order valence-corrected chi connectivity index (χ3v) is 3.91. The Morgan fingerprint density at radius 3 is 2.58 bits per heavy atom. The number of aromatic nitrogens is 1. The molecule has 0 spiro atoms. The average molecular weight is 287 g/mol. The van der Waals surface area contributed by atoms with E-state index in [9.17, 15) is 23.3 Å². The first kappa shape index (κ1) is 15.2. The van der Waals surface area contributed by atoms with E-state index in [2.05, 4.69) is 9.71 Å². The van der Waals surface area contributed by atoms with Crippen LogP contribution in [0.4, 0.5) is 5.82 Å². The van der Waals surface area contributed by atoms with E-state index in [1.165, 1.54) is 6.92 Å². The number of rotatable bonds is 6. The number of nitro groups is 1. The van der Waals surface area contributed by atoms with Crippen LogP contribution in [0, 0.1) is 10.1 Å². The molecule has 0 aliphatic rings. The minimum absolute atomic E-state index is 0.211. The SMILES string of the molecule is CCC(=O)C(C)NS(=O)(=O)c1ccc([N+](=O)[O-])nc1. The highest BCUT2D eigenvalue weighted by Crippen LogP contribution is 2.12. The van der Waals surface area contributed by atoms with Gasteiger partial charge in [-0.15, -0.1) is 0 Å². The van der Waals surface area contributed by atoms with E-state index in [0.29, 0.717) is 0 Å². The molecule has 0 aromatic carbocycles. The van der Waals surface area contributed by atoms with Gasteiger partial charge in [-0.1, -0.05) is 6.92 Å². The van der Waals surface area contributed by atoms with Crippen LogP contribution < -0.4 is 4.72 Å². The molecule has 1 N–H and O–H groups in total. The van der Waals surface area contributed by atoms with Crippen LogP contribution in [0.3, 0.4) is 0 Å². The summed E-state index contributed by atoms with van der Waals surface area (Å²) in [5.41, 5.74) is 0. The molecule has 0 aliphatic carbocycles. The molecule has 0 amide bonds. The molecular weight excluding hydrogens is 274 g/mol. The third-order valence-electron chi connectivity index (χ3n) is 2.38. The van der Waals surface area contributed by atoms with Gasteiger partial charge in [0.05, 0.1) is 6.04 Å². The van der Waals surface area contributed by atoms with Gasteiger partial charge in [0.25, 0.3) is 0 Å². The van der Waals surface area contributed by atoms with Crippen LogP contribution in [-0.4, -0.2) is 30.2 Å². The van der Waals surface area contributed by atoms with Crippen LogP contribution in [0.15, 0.2) is 23.2 Å². The van der Waals surface area contributed by atoms with Crippen LogP contribution in [0.1, 0.15) is 20.3 Å². The molecule has 0 fully saturated rings. The van der Waals surface area contributed by atoms with E-state index in [-0.39, 0.29) is 17.1 Å². The van der Waals surface area contributed by atoms with Gasteiger partial charge >= 0.3 is 5.82 Å². The number of hydrogen-bond acceptors (Lipinski definition) is 6. The molecule has 0 saturated heterocycles. The first-order valence-corrected chi connectivity index (χ1v) is 6.91. The minimum atomic E-state index is -3.91. The lowest BCUT2D eigenvalue weighted by atomic mass is 10.2. The molecule has 0 saturated carbocycles. The Balaban J connectivity index is 2.94. The maximum Gasteiger partial charge on any atom is 0.363 e. The van der Waals surface area contributed by atoms with E-state index in [1.54, 1.807) is 6.92 Å². The first-order chi connectivity index (χ1) is 8.77. The second kappa shape index (κ2) is 5.85. The van der Waals surface area contributed by atoms with Gasteiger partial charge in [-0.3, -0.25) is 4.79 Å². The molecule has 1 aromatic heterocycles. The van der Waals surface area contributed by atoms with Gasteiger partial charge in [0.15, 0.2) is 6.20 Å². The third kappa shape index (κ3) is 3.80. The maximum atomic E-state index is 11.9. The van der Waals surface area contributed by atoms with E-state index < -0.39 is 26.8 Å². The number of Topliss-reactive ketones (excluding diaryl/α,β-unsaturated/α-hetero) is 1. The van der Waals surface area contributed by atoms with Gasteiger partial charge in [-0.25, -0.2) is 13.1 Å². The lowest BCUT2D eigenvalue weighted by molar-refractivity contribution is -0.389. The summed E-state index contributed by atoms with van der Waals surface area (Å²) in [5, 5.41) is 10.4. The Bertz CT molecular complexity index is 582. The van der Waals surface area contributed by atoms with Crippen molar-refractivity contribution in [3.63, 3.8) is 0 Å². The van der Waals surface area contributed by atoms with Crippen LogP contribution in [0.2, 0.25) is 0 Å². The van der Waals surface area contributed by atoms with Crippen molar-refractivity contribution < 1.29 is 18.1 Å². The van der Waals surface area contributed by atoms with Crippen molar-refractivity contribution in [3.05, 3.63) is 28.4 Å². The molecule has 1 unspecified atom stereocenters. The minimum Gasteiger partial charge on any atom is -0.358 e. The van der Waals surface area contributed by atoms with Crippen molar-refractivity contribution in [1.29, 1.82) is 0 Å². The Hall–Kier alpha value is -1.87. The van der Waals surface area contributed by atoms with Gasteiger partial charge in [-0.2, -0.15) is 0 Å². The molecule has 1 aromatic rings. The van der Waals surface area contributed by atoms with E-state index >= 15 is 0 Å². The summed E-state index contributed by atoms with van der Waals surface area (Å²) >= 11 is 0. The zero-order valence-corrected chi connectivity index (χ0v) is 11.2. The van der Waals surface area contributed by atoms with Gasteiger partial charge in [0.1, 0.15) is 10.7 Å². The Labute approximate surface area is 110 Å². The maximum absolute atomic E-state index is 11.9. The summed E-state index contributed by atoms with van der Waals surface area (Å²) < 4.78 is 25.9. The highest BCUT2D eigenvalue weighted by Gasteiger charge is 2.23. The fourth-order valence-corrected chi connectivity index (χ4v) is 2.48. The molecule has 0 radical (unpaired) electrons. The van der Waals surface area contributed by atoms with Crippen LogP contribution in [0.25, 0.3) is 0 Å². The second-order valence-electron chi connectivity index (χ2n) is 3.77. The average Bonchev–Trinajstić information content (AvgIpc) is 2.37. The standard InChI is InChI=1S/C10H13N3O5S/c1-3-9(14)7(2)12-19(17,18)8-4-5-10(11-6-8)13(15)16/h4-7,12H,3H2,1-2H3. The smallest absolute Gasteiger partial charge is 0.358 e. The fraction of sp³-hybridized carbons (Fsp3) is 0.400. The molecule has 0 bridgehead atoms. The van der Waals surface area contributed by atoms with Crippen molar-refractivity contribution in [2.45, 2.75) is 31.2 Å². The topological polar surface area (TPSA) is 119 Å². The molecule has 1 rings (SSSR count). The number of hydrogen-bond donors (Lipinski definition) is 1. The number of carbonyl (C=O) groups is 1. The number of sulfonamides is 1. The number of nitrogens with one attached hydrogen (secondary N) is 1. The first-order valence-electron chi connectivity index (χ1n) is 5.43. The summed E-state index contributed by atoms with van der Waals surface area (Å²) in [6.45, 7) is 3.06. The van der Waals surface area contributed by atoms with Crippen molar-refractivity contribution in [3.8, 4) is 0 Å². The van der Waals surface area contributed by atoms with Crippen LogP contribution in [-0.2, 0) is 14.8 Å². The normalized spacial score (nSPS) is 12.9. The molecule has 104 valence electrons. The number of pyridine rings is 1. The Morgan fingerprint density at radius 1 is 1.53 bits per heavy atom. The van der Waals surface area contributed by atoms with Gasteiger partial charge < -0.3 is 10.1 Å². The molecule has 9 heteroatoms. The zero-order valence-electron chi connectivity index (χ0n) is 10.4. The summed E-state index contributed by atoms with van der Waals surface area (Å²) in [6.07, 6.45) is 1.09. The highest BCUT2D eigenvalue weighted by atomic mass is 32.2. The summed E-state index contributed by atoms with van der Waals surface area (Å²) in [7, 11) is -3.91. The molecule has 8 nitrogen and oxygen atoms in total. The van der Waals surface area contributed by atoms with E-state index in [4.69, 9.17) is 0 Å². The molecule has 19 heavy (non-hydrogen) atoms. The quantitative estimate of drug-likeness (QED) is 0.605. The Morgan fingerprint density at radius 2 is 2.16 bits per heavy atom. The van der Waals surface area contributed by atoms with Gasteiger partial charge in [0, 0.05) is 12.5 Å². The highest BCUT2D eigenvalue weighted by molar-refractivity contribution is 7.89. The summed E-state index contributed by atoms with van der Waals surface area (Å²) in [6, 6.07) is 1.20. The second-order valence-corrected chi connectivity index (χ2v) is 5.49. The van der Waals surface area contributed by atoms with E-state index in [1.807, 2.05) is 0 Å². The van der Waals surface area contributed by atoms with Crippen molar-refractivity contribution >= 4 is 21.6 Å². The number of ketones is 1. The fourth-order valence-electron chi connectivity index (χ4n) is 1.31. The van der Waals surface area contributed by atoms with Crippen molar-refractivity contribution in [2.75, 3.05) is 0 Å². The van der Waals surface area contributed by atoms with Gasteiger partial charge in [-0.05, 0) is 22.9 Å². The summed E-state index contributed by atoms with van der Waals surface area (Å²) in [5.74, 6) is -0.699. The largest absolute Gasteiger partial charge is 0.363 e. The van der Waals surface area contributed by atoms with Crippen LogP contribution in [0.5, 0.6) is 0 Å². The Kier molecular flexibility index (Phi) is 4.67.